The van der Waals surface area contributed by atoms with Crippen molar-refractivity contribution in [2.75, 3.05) is 0 Å². The number of nitrogens with zero attached hydrogens (tertiary/aromatic N) is 3. The lowest BCUT2D eigenvalue weighted by atomic mass is 10.2. The highest BCUT2D eigenvalue weighted by atomic mass is 79.9. The molecule has 6 heteroatoms. The van der Waals surface area contributed by atoms with Gasteiger partial charge in [0.05, 0.1) is 6.54 Å². The van der Waals surface area contributed by atoms with E-state index in [4.69, 9.17) is 5.11 Å². The molecule has 0 fully saturated rings. The van der Waals surface area contributed by atoms with E-state index in [0.29, 0.717) is 11.1 Å². The Bertz CT molecular complexity index is 510. The maximum absolute atomic E-state index is 10.7. The number of carboxylic acid groups (broad SMARTS) is 1. The summed E-state index contributed by atoms with van der Waals surface area (Å²) in [6.07, 6.45) is 0. The molecule has 0 amide bonds. The standard InChI is InChI=1S/C10H8BrN3O2/c11-9-8(10(15)16)12-13-14(9)6-7-4-2-1-3-5-7/h1-5H,6H2,(H,15,16). The van der Waals surface area contributed by atoms with E-state index < -0.39 is 5.97 Å². The Morgan fingerprint density at radius 2 is 2.06 bits per heavy atom. The Hall–Kier alpha value is -1.69. The fraction of sp³-hybridized carbons (Fsp3) is 0.100. The lowest BCUT2D eigenvalue weighted by Gasteiger charge is -2.01. The van der Waals surface area contributed by atoms with Crippen LogP contribution in [0.25, 0.3) is 0 Å². The lowest BCUT2D eigenvalue weighted by molar-refractivity contribution is 0.0689. The van der Waals surface area contributed by atoms with Crippen molar-refractivity contribution in [1.29, 1.82) is 0 Å². The Kier molecular flexibility index (Phi) is 3.00. The SMILES string of the molecule is O=C(O)c1nnn(Cc2ccccc2)c1Br. The van der Waals surface area contributed by atoms with Crippen molar-refractivity contribution in [2.24, 2.45) is 0 Å². The molecule has 0 aliphatic carbocycles. The summed E-state index contributed by atoms with van der Waals surface area (Å²) in [5.74, 6) is -1.09. The Labute approximate surface area is 99.8 Å². The van der Waals surface area contributed by atoms with Gasteiger partial charge in [0.25, 0.3) is 0 Å². The number of rotatable bonds is 3. The number of hydrogen-bond donors (Lipinski definition) is 1. The minimum Gasteiger partial charge on any atom is -0.476 e. The molecule has 82 valence electrons. The van der Waals surface area contributed by atoms with Gasteiger partial charge in [-0.3, -0.25) is 0 Å². The molecule has 0 aliphatic rings. The Morgan fingerprint density at radius 3 is 2.62 bits per heavy atom. The van der Waals surface area contributed by atoms with E-state index in [1.165, 1.54) is 4.68 Å². The van der Waals surface area contributed by atoms with Crippen LogP contribution in [0.4, 0.5) is 0 Å². The minimum atomic E-state index is -1.09. The van der Waals surface area contributed by atoms with E-state index in [2.05, 4.69) is 26.2 Å². The van der Waals surface area contributed by atoms with Crippen LogP contribution in [0.15, 0.2) is 34.9 Å². The predicted molar refractivity (Wildman–Crippen MR) is 60.2 cm³/mol. The fourth-order valence-corrected chi connectivity index (χ4v) is 1.74. The van der Waals surface area contributed by atoms with E-state index in [9.17, 15) is 4.79 Å². The van der Waals surface area contributed by atoms with Crippen LogP contribution in [-0.2, 0) is 6.54 Å². The molecular formula is C10H8BrN3O2. The van der Waals surface area contributed by atoms with Crippen LogP contribution in [0.5, 0.6) is 0 Å². The van der Waals surface area contributed by atoms with E-state index in [1.807, 2.05) is 30.3 Å². The zero-order valence-electron chi connectivity index (χ0n) is 8.17. The van der Waals surface area contributed by atoms with Crippen molar-refractivity contribution < 1.29 is 9.90 Å². The second-order valence-corrected chi connectivity index (χ2v) is 3.93. The van der Waals surface area contributed by atoms with Crippen molar-refractivity contribution in [2.45, 2.75) is 6.54 Å². The third-order valence-corrected chi connectivity index (χ3v) is 2.84. The molecule has 0 spiro atoms. The molecule has 0 atom stereocenters. The topological polar surface area (TPSA) is 68.0 Å². The first-order chi connectivity index (χ1) is 7.68. The molecule has 0 saturated heterocycles. The van der Waals surface area contributed by atoms with Crippen LogP contribution in [0.2, 0.25) is 0 Å². The average Bonchev–Trinajstić information content (AvgIpc) is 2.62. The highest BCUT2D eigenvalue weighted by molar-refractivity contribution is 9.10. The highest BCUT2D eigenvalue weighted by Crippen LogP contribution is 2.15. The number of hydrogen-bond acceptors (Lipinski definition) is 3. The van der Waals surface area contributed by atoms with Crippen LogP contribution < -0.4 is 0 Å². The highest BCUT2D eigenvalue weighted by Gasteiger charge is 2.16. The maximum Gasteiger partial charge on any atom is 0.359 e. The van der Waals surface area contributed by atoms with Crippen LogP contribution in [0, 0.1) is 0 Å². The van der Waals surface area contributed by atoms with E-state index in [1.54, 1.807) is 0 Å². The third-order valence-electron chi connectivity index (χ3n) is 2.05. The molecule has 5 nitrogen and oxygen atoms in total. The smallest absolute Gasteiger partial charge is 0.359 e. The minimum absolute atomic E-state index is 0.0732. The van der Waals surface area contributed by atoms with Gasteiger partial charge in [-0.05, 0) is 21.5 Å². The molecule has 0 unspecified atom stereocenters. The number of benzene rings is 1. The second-order valence-electron chi connectivity index (χ2n) is 3.18. The molecule has 1 heterocycles. The van der Waals surface area contributed by atoms with Crippen LogP contribution in [-0.4, -0.2) is 26.1 Å². The van der Waals surface area contributed by atoms with E-state index >= 15 is 0 Å². The van der Waals surface area contributed by atoms with Gasteiger partial charge in [0, 0.05) is 0 Å². The Balaban J connectivity index is 2.26. The van der Waals surface area contributed by atoms with Gasteiger partial charge in [-0.25, -0.2) is 9.48 Å². The molecule has 0 bridgehead atoms. The largest absolute Gasteiger partial charge is 0.476 e. The summed E-state index contributed by atoms with van der Waals surface area (Å²) in [7, 11) is 0. The quantitative estimate of drug-likeness (QED) is 0.931. The first-order valence-corrected chi connectivity index (χ1v) is 5.34. The van der Waals surface area contributed by atoms with E-state index in [0.717, 1.165) is 5.56 Å². The van der Waals surface area contributed by atoms with Crippen molar-refractivity contribution in [3.05, 3.63) is 46.2 Å². The second kappa shape index (κ2) is 4.44. The van der Waals surface area contributed by atoms with Gasteiger partial charge < -0.3 is 5.11 Å². The van der Waals surface area contributed by atoms with Gasteiger partial charge in [0.1, 0.15) is 4.60 Å². The van der Waals surface area contributed by atoms with Crippen molar-refractivity contribution in [3.8, 4) is 0 Å². The Morgan fingerprint density at radius 1 is 1.38 bits per heavy atom. The average molecular weight is 282 g/mol. The zero-order chi connectivity index (χ0) is 11.5. The molecule has 16 heavy (non-hydrogen) atoms. The van der Waals surface area contributed by atoms with Gasteiger partial charge >= 0.3 is 5.97 Å². The fourth-order valence-electron chi connectivity index (χ4n) is 1.29. The molecular weight excluding hydrogens is 274 g/mol. The molecule has 0 radical (unpaired) electrons. The van der Waals surface area contributed by atoms with Gasteiger partial charge in [-0.15, -0.1) is 5.10 Å². The summed E-state index contributed by atoms with van der Waals surface area (Å²) in [6, 6.07) is 9.63. The van der Waals surface area contributed by atoms with Crippen LogP contribution >= 0.6 is 15.9 Å². The summed E-state index contributed by atoms with van der Waals surface area (Å²) in [5.41, 5.74) is 0.959. The summed E-state index contributed by atoms with van der Waals surface area (Å²) >= 11 is 3.17. The summed E-state index contributed by atoms with van der Waals surface area (Å²) in [4.78, 5) is 10.7. The molecule has 0 aliphatic heterocycles. The van der Waals surface area contributed by atoms with Gasteiger partial charge in [0.2, 0.25) is 5.69 Å². The number of carbonyl (C=O) groups is 1. The molecule has 2 aromatic rings. The lowest BCUT2D eigenvalue weighted by Crippen LogP contribution is -2.03. The number of carboxylic acids is 1. The molecule has 1 aromatic heterocycles. The zero-order valence-corrected chi connectivity index (χ0v) is 9.75. The van der Waals surface area contributed by atoms with Crippen molar-refractivity contribution in [1.82, 2.24) is 15.0 Å². The van der Waals surface area contributed by atoms with Gasteiger partial charge in [0.15, 0.2) is 0 Å². The summed E-state index contributed by atoms with van der Waals surface area (Å²) in [6.45, 7) is 0.488. The monoisotopic (exact) mass is 281 g/mol. The van der Waals surface area contributed by atoms with Crippen LogP contribution in [0.1, 0.15) is 16.1 Å². The first kappa shape index (κ1) is 10.8. The van der Waals surface area contributed by atoms with Crippen molar-refractivity contribution >= 4 is 21.9 Å². The molecule has 1 N–H and O–H groups in total. The predicted octanol–water partition coefficient (Wildman–Crippen LogP) is 1.79. The summed E-state index contributed by atoms with van der Waals surface area (Å²) < 4.78 is 1.88. The maximum atomic E-state index is 10.7. The van der Waals surface area contributed by atoms with Gasteiger partial charge in [-0.1, -0.05) is 35.5 Å². The normalized spacial score (nSPS) is 10.3. The summed E-state index contributed by atoms with van der Waals surface area (Å²) in [5, 5.41) is 16.1. The molecule has 1 aromatic carbocycles. The van der Waals surface area contributed by atoms with Crippen molar-refractivity contribution in [3.63, 3.8) is 0 Å². The first-order valence-electron chi connectivity index (χ1n) is 4.54. The number of aromatic carboxylic acids is 1. The third kappa shape index (κ3) is 2.11. The molecule has 0 saturated carbocycles. The van der Waals surface area contributed by atoms with Crippen LogP contribution in [0.3, 0.4) is 0 Å². The van der Waals surface area contributed by atoms with Gasteiger partial charge in [-0.2, -0.15) is 0 Å². The number of aromatic nitrogens is 3. The molecule has 2 rings (SSSR count). The van der Waals surface area contributed by atoms with E-state index in [-0.39, 0.29) is 5.69 Å². The number of halogens is 1.